The van der Waals surface area contributed by atoms with Crippen molar-refractivity contribution >= 4 is 33.6 Å². The molecular formula is C30H43BrN4O4. The minimum absolute atomic E-state index is 0.00807. The van der Waals surface area contributed by atoms with Gasteiger partial charge in [-0.2, -0.15) is 0 Å². The number of rotatable bonds is 6. The summed E-state index contributed by atoms with van der Waals surface area (Å²) in [6, 6.07) is 5.99. The van der Waals surface area contributed by atoms with Crippen molar-refractivity contribution in [1.29, 1.82) is 0 Å². The van der Waals surface area contributed by atoms with E-state index in [1.54, 1.807) is 0 Å². The summed E-state index contributed by atoms with van der Waals surface area (Å²) >= 11 is 3.61. The van der Waals surface area contributed by atoms with Gasteiger partial charge in [-0.3, -0.25) is 9.59 Å². The van der Waals surface area contributed by atoms with Crippen LogP contribution >= 0.6 is 15.9 Å². The van der Waals surface area contributed by atoms with E-state index >= 15 is 0 Å². The molecular weight excluding hydrogens is 560 g/mol. The standard InChI is InChI=1S/C30H43BrN4O4/c1-10-34(23-12-19(4)35(20(5)13-23)29(38)39-30(7,8)9)26-15-22(31)14-24(21(26)6)27(36)32-16-25-17(2)11-18(3)33-28(25)37/h11,14-15,19-20,23H,10,12-13,16H2,1-9H3,(H,32,36)(H,33,37)/t19-,20-/m1/s1. The quantitative estimate of drug-likeness (QED) is 0.423. The van der Waals surface area contributed by atoms with Crippen LogP contribution in [0, 0.1) is 20.8 Å². The number of amides is 2. The predicted molar refractivity (Wildman–Crippen MR) is 160 cm³/mol. The van der Waals surface area contributed by atoms with Crippen molar-refractivity contribution in [2.75, 3.05) is 11.4 Å². The molecule has 214 valence electrons. The van der Waals surface area contributed by atoms with Crippen LogP contribution in [0.3, 0.4) is 0 Å². The van der Waals surface area contributed by atoms with Gasteiger partial charge in [0.25, 0.3) is 11.5 Å². The Morgan fingerprint density at radius 1 is 1.13 bits per heavy atom. The van der Waals surface area contributed by atoms with Crippen molar-refractivity contribution < 1.29 is 14.3 Å². The highest BCUT2D eigenvalue weighted by Gasteiger charge is 2.38. The number of aromatic nitrogens is 1. The SMILES string of the molecule is CCN(c1cc(Br)cc(C(=O)NCc2c(C)cc(C)[nH]c2=O)c1C)C1C[C@@H](C)N(C(=O)OC(C)(C)C)[C@H](C)C1. The summed E-state index contributed by atoms with van der Waals surface area (Å²) < 4.78 is 6.49. The normalized spacial score (nSPS) is 19.5. The highest BCUT2D eigenvalue weighted by atomic mass is 79.9. The first-order chi connectivity index (χ1) is 18.1. The summed E-state index contributed by atoms with van der Waals surface area (Å²) in [4.78, 5) is 45.7. The predicted octanol–water partition coefficient (Wildman–Crippen LogP) is 6.00. The maximum atomic E-state index is 13.3. The summed E-state index contributed by atoms with van der Waals surface area (Å²) in [5.74, 6) is -0.230. The van der Waals surface area contributed by atoms with E-state index in [2.05, 4.69) is 58.0 Å². The number of carbonyl (C=O) groups is 2. The second-order valence-corrected chi connectivity index (χ2v) is 12.6. The number of aromatic amines is 1. The van der Waals surface area contributed by atoms with E-state index in [1.807, 2.05) is 58.6 Å². The van der Waals surface area contributed by atoms with E-state index in [0.717, 1.165) is 46.4 Å². The maximum Gasteiger partial charge on any atom is 0.410 e. The zero-order valence-corrected chi connectivity index (χ0v) is 26.3. The van der Waals surface area contributed by atoms with E-state index in [1.165, 1.54) is 0 Å². The third-order valence-electron chi connectivity index (χ3n) is 7.38. The summed E-state index contributed by atoms with van der Waals surface area (Å²) in [6.45, 7) is 18.5. The first kappa shape index (κ1) is 30.7. The molecule has 1 aromatic carbocycles. The van der Waals surface area contributed by atoms with Gasteiger partial charge in [-0.15, -0.1) is 0 Å². The number of nitrogens with one attached hydrogen (secondary N) is 2. The molecule has 1 fully saturated rings. The number of carbonyl (C=O) groups excluding carboxylic acids is 2. The number of H-pyrrole nitrogens is 1. The van der Waals surface area contributed by atoms with Crippen LogP contribution in [0.5, 0.6) is 0 Å². The number of hydrogen-bond acceptors (Lipinski definition) is 5. The molecule has 0 radical (unpaired) electrons. The lowest BCUT2D eigenvalue weighted by molar-refractivity contribution is -0.00252. The van der Waals surface area contributed by atoms with Crippen LogP contribution in [0.1, 0.15) is 87.1 Å². The van der Waals surface area contributed by atoms with Crippen LogP contribution in [0.15, 0.2) is 27.5 Å². The summed E-state index contributed by atoms with van der Waals surface area (Å²) in [5.41, 5.74) is 3.89. The molecule has 1 aliphatic heterocycles. The van der Waals surface area contributed by atoms with Crippen LogP contribution in [-0.4, -0.2) is 52.2 Å². The highest BCUT2D eigenvalue weighted by molar-refractivity contribution is 9.10. The number of pyridine rings is 1. The van der Waals surface area contributed by atoms with Gasteiger partial charge in [-0.05, 0) is 104 Å². The number of likely N-dealkylation sites (tertiary alicyclic amines) is 1. The molecule has 2 N–H and O–H groups in total. The minimum Gasteiger partial charge on any atom is -0.444 e. The molecule has 2 heterocycles. The van der Waals surface area contributed by atoms with Crippen LogP contribution < -0.4 is 15.8 Å². The molecule has 0 saturated carbocycles. The number of ether oxygens (including phenoxy) is 1. The molecule has 0 aliphatic carbocycles. The molecule has 2 amide bonds. The molecule has 1 aliphatic rings. The fourth-order valence-electron chi connectivity index (χ4n) is 5.66. The van der Waals surface area contributed by atoms with Gasteiger partial charge in [0.1, 0.15) is 5.60 Å². The van der Waals surface area contributed by atoms with E-state index in [-0.39, 0.29) is 42.2 Å². The molecule has 2 atom stereocenters. The Morgan fingerprint density at radius 3 is 2.28 bits per heavy atom. The molecule has 8 nitrogen and oxygen atoms in total. The number of nitrogens with zero attached hydrogens (tertiary/aromatic N) is 2. The van der Waals surface area contributed by atoms with Gasteiger partial charge in [0.05, 0.1) is 0 Å². The van der Waals surface area contributed by atoms with Crippen molar-refractivity contribution in [3.63, 3.8) is 0 Å². The number of hydrogen-bond donors (Lipinski definition) is 2. The van der Waals surface area contributed by atoms with Gasteiger partial charge >= 0.3 is 6.09 Å². The Balaban J connectivity index is 1.83. The van der Waals surface area contributed by atoms with Gasteiger partial charge < -0.3 is 24.8 Å². The van der Waals surface area contributed by atoms with Crippen LogP contribution in [-0.2, 0) is 11.3 Å². The van der Waals surface area contributed by atoms with E-state index in [9.17, 15) is 14.4 Å². The summed E-state index contributed by atoms with van der Waals surface area (Å²) in [5, 5.41) is 2.94. The zero-order chi connectivity index (χ0) is 29.2. The molecule has 9 heteroatoms. The molecule has 0 spiro atoms. The first-order valence-corrected chi connectivity index (χ1v) is 14.5. The molecule has 0 bridgehead atoms. The number of aryl methyl sites for hydroxylation is 2. The summed E-state index contributed by atoms with van der Waals surface area (Å²) in [7, 11) is 0. The molecule has 1 aromatic heterocycles. The zero-order valence-electron chi connectivity index (χ0n) is 24.7. The van der Waals surface area contributed by atoms with E-state index in [4.69, 9.17) is 4.74 Å². The number of anilines is 1. The third kappa shape index (κ3) is 7.24. The topological polar surface area (TPSA) is 94.7 Å². The number of benzene rings is 1. The second-order valence-electron chi connectivity index (χ2n) is 11.7. The Hall–Kier alpha value is -2.81. The second kappa shape index (κ2) is 12.1. The monoisotopic (exact) mass is 602 g/mol. The maximum absolute atomic E-state index is 13.3. The Kier molecular flexibility index (Phi) is 9.57. The van der Waals surface area contributed by atoms with Crippen molar-refractivity contribution in [3.05, 3.63) is 61.0 Å². The lowest BCUT2D eigenvalue weighted by Gasteiger charge is -2.47. The average molecular weight is 604 g/mol. The average Bonchev–Trinajstić information content (AvgIpc) is 2.79. The first-order valence-electron chi connectivity index (χ1n) is 13.7. The molecule has 39 heavy (non-hydrogen) atoms. The van der Waals surface area contributed by atoms with Gasteiger partial charge in [0.15, 0.2) is 0 Å². The van der Waals surface area contributed by atoms with Crippen molar-refractivity contribution in [2.45, 2.75) is 105 Å². The smallest absolute Gasteiger partial charge is 0.410 e. The van der Waals surface area contributed by atoms with Gasteiger partial charge in [0.2, 0.25) is 0 Å². The third-order valence-corrected chi connectivity index (χ3v) is 7.84. The number of piperidine rings is 1. The Morgan fingerprint density at radius 2 is 1.74 bits per heavy atom. The Bertz CT molecular complexity index is 1270. The number of halogens is 1. The molecule has 3 rings (SSSR count). The van der Waals surface area contributed by atoms with Gasteiger partial charge in [0, 0.05) is 58.2 Å². The lowest BCUT2D eigenvalue weighted by Crippen LogP contribution is -2.56. The van der Waals surface area contributed by atoms with E-state index < -0.39 is 5.60 Å². The van der Waals surface area contributed by atoms with Crippen LogP contribution in [0.2, 0.25) is 0 Å². The van der Waals surface area contributed by atoms with Crippen LogP contribution in [0.25, 0.3) is 0 Å². The molecule has 0 unspecified atom stereocenters. The van der Waals surface area contributed by atoms with Gasteiger partial charge in [-0.25, -0.2) is 4.79 Å². The molecule has 1 saturated heterocycles. The Labute approximate surface area is 240 Å². The van der Waals surface area contributed by atoms with Gasteiger partial charge in [-0.1, -0.05) is 15.9 Å². The van der Waals surface area contributed by atoms with Crippen molar-refractivity contribution in [1.82, 2.24) is 15.2 Å². The fourth-order valence-corrected chi connectivity index (χ4v) is 6.11. The van der Waals surface area contributed by atoms with Crippen LogP contribution in [0.4, 0.5) is 10.5 Å². The largest absolute Gasteiger partial charge is 0.444 e. The van der Waals surface area contributed by atoms with Crippen molar-refractivity contribution in [3.8, 4) is 0 Å². The summed E-state index contributed by atoms with van der Waals surface area (Å²) in [6.07, 6.45) is 1.31. The van der Waals surface area contributed by atoms with Crippen molar-refractivity contribution in [2.24, 2.45) is 0 Å². The minimum atomic E-state index is -0.543. The fraction of sp³-hybridized carbons (Fsp3) is 0.567. The van der Waals surface area contributed by atoms with E-state index in [0.29, 0.717) is 11.1 Å². The lowest BCUT2D eigenvalue weighted by atomic mass is 9.91. The highest BCUT2D eigenvalue weighted by Crippen LogP contribution is 2.35. The molecule has 2 aromatic rings.